The van der Waals surface area contributed by atoms with Crippen LogP contribution in [0, 0.1) is 5.92 Å². The summed E-state index contributed by atoms with van der Waals surface area (Å²) in [5.41, 5.74) is 2.28. The van der Waals surface area contributed by atoms with Crippen LogP contribution in [0.2, 0.25) is 0 Å². The molecule has 0 aliphatic rings. The zero-order valence-electron chi connectivity index (χ0n) is 10.1. The van der Waals surface area contributed by atoms with Gasteiger partial charge in [-0.3, -0.25) is 0 Å². The Bertz CT molecular complexity index is 327. The summed E-state index contributed by atoms with van der Waals surface area (Å²) >= 11 is 0. The SMILES string of the molecule is CC(C)CN=Nc1ccccc1C(C)C. The molecule has 0 saturated heterocycles. The molecule has 0 spiro atoms. The first kappa shape index (κ1) is 11.9. The van der Waals surface area contributed by atoms with E-state index in [1.165, 1.54) is 5.56 Å². The van der Waals surface area contributed by atoms with Crippen LogP contribution in [0.1, 0.15) is 39.2 Å². The zero-order valence-corrected chi connectivity index (χ0v) is 10.1. The lowest BCUT2D eigenvalue weighted by Gasteiger charge is -2.07. The average Bonchev–Trinajstić information content (AvgIpc) is 2.17. The molecule has 0 N–H and O–H groups in total. The number of hydrogen-bond donors (Lipinski definition) is 0. The lowest BCUT2D eigenvalue weighted by Crippen LogP contribution is -1.91. The second-order valence-corrected chi connectivity index (χ2v) is 4.53. The van der Waals surface area contributed by atoms with Crippen LogP contribution in [0.5, 0.6) is 0 Å². The molecular formula is C13H20N2. The Morgan fingerprint density at radius 3 is 2.33 bits per heavy atom. The first-order valence-corrected chi connectivity index (χ1v) is 5.57. The highest BCUT2D eigenvalue weighted by Gasteiger charge is 2.04. The van der Waals surface area contributed by atoms with Crippen LogP contribution in [0.3, 0.4) is 0 Å². The third-order valence-electron chi connectivity index (χ3n) is 2.18. The van der Waals surface area contributed by atoms with Gasteiger partial charge in [0.05, 0.1) is 12.2 Å². The van der Waals surface area contributed by atoms with E-state index in [-0.39, 0.29) is 0 Å². The highest BCUT2D eigenvalue weighted by atomic mass is 15.1. The van der Waals surface area contributed by atoms with Gasteiger partial charge in [-0.05, 0) is 23.5 Å². The maximum Gasteiger partial charge on any atom is 0.0887 e. The van der Waals surface area contributed by atoms with Gasteiger partial charge in [0.1, 0.15) is 0 Å². The molecule has 1 aromatic rings. The fourth-order valence-corrected chi connectivity index (χ4v) is 1.35. The molecule has 1 aromatic carbocycles. The van der Waals surface area contributed by atoms with Crippen LogP contribution in [-0.2, 0) is 0 Å². The van der Waals surface area contributed by atoms with Gasteiger partial charge in [-0.15, -0.1) is 0 Å². The van der Waals surface area contributed by atoms with Crippen molar-refractivity contribution in [3.05, 3.63) is 29.8 Å². The number of benzene rings is 1. The lowest BCUT2D eigenvalue weighted by atomic mass is 10.0. The molecule has 2 heteroatoms. The summed E-state index contributed by atoms with van der Waals surface area (Å²) in [6.07, 6.45) is 0. The van der Waals surface area contributed by atoms with Crippen molar-refractivity contribution in [2.45, 2.75) is 33.6 Å². The summed E-state index contributed by atoms with van der Waals surface area (Å²) < 4.78 is 0. The molecular weight excluding hydrogens is 184 g/mol. The fourth-order valence-electron chi connectivity index (χ4n) is 1.35. The van der Waals surface area contributed by atoms with Crippen molar-refractivity contribution < 1.29 is 0 Å². The van der Waals surface area contributed by atoms with Crippen LogP contribution in [0.15, 0.2) is 34.5 Å². The summed E-state index contributed by atoms with van der Waals surface area (Å²) in [6, 6.07) is 8.21. The zero-order chi connectivity index (χ0) is 11.3. The van der Waals surface area contributed by atoms with E-state index in [1.54, 1.807) is 0 Å². The summed E-state index contributed by atoms with van der Waals surface area (Å²) in [4.78, 5) is 0. The predicted molar refractivity (Wildman–Crippen MR) is 64.8 cm³/mol. The molecule has 0 unspecified atom stereocenters. The normalized spacial score (nSPS) is 11.9. The second kappa shape index (κ2) is 5.64. The maximum atomic E-state index is 4.29. The summed E-state index contributed by atoms with van der Waals surface area (Å²) in [5.74, 6) is 1.07. The lowest BCUT2D eigenvalue weighted by molar-refractivity contribution is 0.647. The fraction of sp³-hybridized carbons (Fsp3) is 0.538. The predicted octanol–water partition coefficient (Wildman–Crippen LogP) is 4.55. The van der Waals surface area contributed by atoms with E-state index < -0.39 is 0 Å². The van der Waals surface area contributed by atoms with E-state index in [9.17, 15) is 0 Å². The number of hydrogen-bond acceptors (Lipinski definition) is 2. The summed E-state index contributed by atoms with van der Waals surface area (Å²) in [5, 5.41) is 8.50. The first-order valence-electron chi connectivity index (χ1n) is 5.57. The summed E-state index contributed by atoms with van der Waals surface area (Å²) in [6.45, 7) is 9.45. The van der Waals surface area contributed by atoms with Gasteiger partial charge in [0.2, 0.25) is 0 Å². The minimum absolute atomic E-state index is 0.499. The Morgan fingerprint density at radius 1 is 1.07 bits per heavy atom. The van der Waals surface area contributed by atoms with E-state index in [4.69, 9.17) is 0 Å². The molecule has 0 aliphatic heterocycles. The Hall–Kier alpha value is -1.18. The Kier molecular flexibility index (Phi) is 4.47. The molecule has 82 valence electrons. The largest absolute Gasteiger partial charge is 0.188 e. The van der Waals surface area contributed by atoms with E-state index in [1.807, 2.05) is 12.1 Å². The van der Waals surface area contributed by atoms with Crippen molar-refractivity contribution in [1.82, 2.24) is 0 Å². The highest BCUT2D eigenvalue weighted by molar-refractivity contribution is 5.46. The second-order valence-electron chi connectivity index (χ2n) is 4.53. The minimum Gasteiger partial charge on any atom is -0.188 e. The molecule has 1 rings (SSSR count). The van der Waals surface area contributed by atoms with Crippen LogP contribution < -0.4 is 0 Å². The van der Waals surface area contributed by atoms with Crippen LogP contribution in [0.4, 0.5) is 5.69 Å². The van der Waals surface area contributed by atoms with Gasteiger partial charge < -0.3 is 0 Å². The van der Waals surface area contributed by atoms with Crippen molar-refractivity contribution in [1.29, 1.82) is 0 Å². The number of rotatable bonds is 4. The molecule has 2 nitrogen and oxygen atoms in total. The van der Waals surface area contributed by atoms with Crippen molar-refractivity contribution in [3.8, 4) is 0 Å². The minimum atomic E-state index is 0.499. The van der Waals surface area contributed by atoms with Crippen LogP contribution >= 0.6 is 0 Å². The van der Waals surface area contributed by atoms with Gasteiger partial charge in [-0.1, -0.05) is 45.9 Å². The standard InChI is InChI=1S/C13H20N2/c1-10(2)9-14-15-13-8-6-5-7-12(13)11(3)4/h5-8,10-11H,9H2,1-4H3. The Balaban J connectivity index is 2.80. The third-order valence-corrected chi connectivity index (χ3v) is 2.18. The smallest absolute Gasteiger partial charge is 0.0887 e. The molecule has 15 heavy (non-hydrogen) atoms. The Labute approximate surface area is 92.4 Å². The van der Waals surface area contributed by atoms with Gasteiger partial charge >= 0.3 is 0 Å². The molecule has 0 fully saturated rings. The third kappa shape index (κ3) is 3.82. The average molecular weight is 204 g/mol. The number of azo groups is 1. The van der Waals surface area contributed by atoms with Gasteiger partial charge in [-0.25, -0.2) is 0 Å². The summed E-state index contributed by atoms with van der Waals surface area (Å²) in [7, 11) is 0. The molecule has 0 atom stereocenters. The molecule has 0 aliphatic carbocycles. The van der Waals surface area contributed by atoms with Crippen molar-refractivity contribution in [2.24, 2.45) is 16.1 Å². The van der Waals surface area contributed by atoms with E-state index >= 15 is 0 Å². The Morgan fingerprint density at radius 2 is 1.73 bits per heavy atom. The van der Waals surface area contributed by atoms with Crippen LogP contribution in [-0.4, -0.2) is 6.54 Å². The van der Waals surface area contributed by atoms with Crippen molar-refractivity contribution in [2.75, 3.05) is 6.54 Å². The molecule has 0 saturated carbocycles. The molecule has 0 aromatic heterocycles. The van der Waals surface area contributed by atoms with E-state index in [0.717, 1.165) is 12.2 Å². The van der Waals surface area contributed by atoms with Crippen molar-refractivity contribution in [3.63, 3.8) is 0 Å². The monoisotopic (exact) mass is 204 g/mol. The maximum absolute atomic E-state index is 4.29. The molecule has 0 radical (unpaired) electrons. The quantitative estimate of drug-likeness (QED) is 0.643. The van der Waals surface area contributed by atoms with Gasteiger partial charge in [0.15, 0.2) is 0 Å². The molecule has 0 amide bonds. The topological polar surface area (TPSA) is 24.7 Å². The van der Waals surface area contributed by atoms with Crippen molar-refractivity contribution >= 4 is 5.69 Å². The highest BCUT2D eigenvalue weighted by Crippen LogP contribution is 2.26. The number of nitrogens with zero attached hydrogens (tertiary/aromatic N) is 2. The first-order chi connectivity index (χ1) is 7.11. The van der Waals surface area contributed by atoms with E-state index in [2.05, 4.69) is 50.1 Å². The molecule has 0 heterocycles. The van der Waals surface area contributed by atoms with Crippen LogP contribution in [0.25, 0.3) is 0 Å². The van der Waals surface area contributed by atoms with E-state index in [0.29, 0.717) is 11.8 Å². The van der Waals surface area contributed by atoms with Gasteiger partial charge in [-0.2, -0.15) is 10.2 Å². The molecule has 0 bridgehead atoms. The van der Waals surface area contributed by atoms with Gasteiger partial charge in [0, 0.05) is 0 Å². The van der Waals surface area contributed by atoms with Gasteiger partial charge in [0.25, 0.3) is 0 Å².